The molecule has 40 heavy (non-hydrogen) atoms. The third kappa shape index (κ3) is 5.54. The zero-order chi connectivity index (χ0) is 28.6. The molecule has 0 aliphatic heterocycles. The number of carbonyl (C=O) groups is 1. The van der Waals surface area contributed by atoms with Crippen LogP contribution in [0.15, 0.2) is 60.9 Å². The maximum absolute atomic E-state index is 14.0. The Hall–Kier alpha value is -4.29. The molecule has 1 N–H and O–H groups in total. The highest BCUT2D eigenvalue weighted by molar-refractivity contribution is 6.35. The van der Waals surface area contributed by atoms with Gasteiger partial charge in [-0.25, -0.2) is 9.50 Å². The van der Waals surface area contributed by atoms with Crippen LogP contribution in [0.3, 0.4) is 0 Å². The van der Waals surface area contributed by atoms with Crippen molar-refractivity contribution in [2.24, 2.45) is 0 Å². The number of amides is 1. The molecule has 0 aliphatic rings. The van der Waals surface area contributed by atoms with E-state index in [-0.39, 0.29) is 17.0 Å². The summed E-state index contributed by atoms with van der Waals surface area (Å²) in [4.78, 5) is 17.2. The van der Waals surface area contributed by atoms with E-state index in [0.717, 1.165) is 11.6 Å². The van der Waals surface area contributed by atoms with Gasteiger partial charge in [-0.1, -0.05) is 29.3 Å². The van der Waals surface area contributed by atoms with Gasteiger partial charge >= 0.3 is 6.18 Å². The van der Waals surface area contributed by atoms with Crippen LogP contribution in [-0.2, 0) is 12.7 Å². The number of methoxy groups -OCH3 is 2. The first-order chi connectivity index (χ1) is 19.0. The fourth-order valence-corrected chi connectivity index (χ4v) is 4.43. The quantitative estimate of drug-likeness (QED) is 0.241. The van der Waals surface area contributed by atoms with Crippen molar-refractivity contribution in [1.29, 1.82) is 0 Å². The van der Waals surface area contributed by atoms with Gasteiger partial charge in [-0.2, -0.15) is 23.4 Å². The highest BCUT2D eigenvalue weighted by Gasteiger charge is 2.36. The molecule has 0 aliphatic carbocycles. The van der Waals surface area contributed by atoms with Crippen LogP contribution in [0.4, 0.5) is 18.9 Å². The molecule has 0 saturated carbocycles. The smallest absolute Gasteiger partial charge is 0.433 e. The van der Waals surface area contributed by atoms with Gasteiger partial charge in [0.05, 0.1) is 38.3 Å². The minimum absolute atomic E-state index is 0.00905. The number of fused-ring (bicyclic) bond motifs is 1. The van der Waals surface area contributed by atoms with Crippen LogP contribution in [-0.4, -0.2) is 44.5 Å². The van der Waals surface area contributed by atoms with Crippen LogP contribution in [0.25, 0.3) is 16.9 Å². The lowest BCUT2D eigenvalue weighted by Crippen LogP contribution is -2.15. The Morgan fingerprint density at radius 3 is 2.50 bits per heavy atom. The van der Waals surface area contributed by atoms with Crippen molar-refractivity contribution in [3.8, 4) is 22.8 Å². The molecule has 9 nitrogen and oxygen atoms in total. The van der Waals surface area contributed by atoms with Gasteiger partial charge in [0.25, 0.3) is 5.91 Å². The first-order valence-corrected chi connectivity index (χ1v) is 12.3. The van der Waals surface area contributed by atoms with E-state index in [1.54, 1.807) is 36.5 Å². The van der Waals surface area contributed by atoms with Gasteiger partial charge in [-0.3, -0.25) is 9.48 Å². The molecule has 2 aromatic carbocycles. The topological polar surface area (TPSA) is 95.6 Å². The van der Waals surface area contributed by atoms with Crippen LogP contribution < -0.4 is 14.8 Å². The first kappa shape index (κ1) is 27.3. The molecule has 5 aromatic rings. The molecule has 0 radical (unpaired) electrons. The number of halogens is 5. The molecule has 0 spiro atoms. The summed E-state index contributed by atoms with van der Waals surface area (Å²) in [5.74, 6) is -0.00989. The van der Waals surface area contributed by atoms with Crippen molar-refractivity contribution in [3.63, 3.8) is 0 Å². The summed E-state index contributed by atoms with van der Waals surface area (Å²) >= 11 is 12.1. The molecule has 14 heteroatoms. The summed E-state index contributed by atoms with van der Waals surface area (Å²) in [6.07, 6.45) is -1.84. The van der Waals surface area contributed by atoms with E-state index in [1.807, 2.05) is 0 Å². The highest BCUT2D eigenvalue weighted by Crippen LogP contribution is 2.35. The Morgan fingerprint density at radius 2 is 1.80 bits per heavy atom. The summed E-state index contributed by atoms with van der Waals surface area (Å²) in [5.41, 5.74) is -0.116. The molecule has 1 amide bonds. The number of rotatable bonds is 7. The van der Waals surface area contributed by atoms with Crippen molar-refractivity contribution < 1.29 is 27.4 Å². The maximum atomic E-state index is 14.0. The van der Waals surface area contributed by atoms with Gasteiger partial charge in [-0.05, 0) is 42.0 Å². The third-order valence-corrected chi connectivity index (χ3v) is 6.46. The van der Waals surface area contributed by atoms with E-state index in [4.69, 9.17) is 32.7 Å². The molecule has 0 unspecified atom stereocenters. The van der Waals surface area contributed by atoms with Gasteiger partial charge in [0.15, 0.2) is 28.5 Å². The fraction of sp³-hybridized carbons (Fsp3) is 0.154. The number of nitrogens with zero attached hydrogens (tertiary/aromatic N) is 5. The number of alkyl halides is 3. The molecule has 206 valence electrons. The van der Waals surface area contributed by atoms with E-state index in [1.165, 1.54) is 37.2 Å². The summed E-state index contributed by atoms with van der Waals surface area (Å²) in [7, 11) is 2.86. The monoisotopic (exact) mass is 590 g/mol. The molecule has 0 bridgehead atoms. The second kappa shape index (κ2) is 10.7. The van der Waals surface area contributed by atoms with Crippen molar-refractivity contribution in [2.75, 3.05) is 19.5 Å². The zero-order valence-corrected chi connectivity index (χ0v) is 22.3. The number of aromatic nitrogens is 5. The normalized spacial score (nSPS) is 11.6. The Labute approximate surface area is 235 Å². The Balaban J connectivity index is 1.43. The summed E-state index contributed by atoms with van der Waals surface area (Å²) in [6, 6.07) is 11.7. The number of benzene rings is 2. The minimum atomic E-state index is -4.78. The summed E-state index contributed by atoms with van der Waals surface area (Å²) < 4.78 is 54.6. The van der Waals surface area contributed by atoms with Crippen LogP contribution >= 0.6 is 23.2 Å². The largest absolute Gasteiger partial charge is 0.493 e. The third-order valence-electron chi connectivity index (χ3n) is 5.87. The molecule has 0 atom stereocenters. The number of hydrogen-bond acceptors (Lipinski definition) is 6. The standard InChI is InChI=1S/C26H19Cl2F3N6O3/c1-39-21-6-4-14(7-22(21)40-2)19-9-23(26(29,30)31)37-24(34-19)10-20(35-37)25(38)33-17-11-32-36(13-17)12-15-3-5-16(27)8-18(15)28/h3-11,13H,12H2,1-2H3,(H,33,38). The average molecular weight is 591 g/mol. The van der Waals surface area contributed by atoms with Gasteiger partial charge in [0.2, 0.25) is 0 Å². The van der Waals surface area contributed by atoms with E-state index in [2.05, 4.69) is 20.5 Å². The summed E-state index contributed by atoms with van der Waals surface area (Å²) in [5, 5.41) is 11.6. The fourth-order valence-electron chi connectivity index (χ4n) is 3.96. The van der Waals surface area contributed by atoms with Crippen LogP contribution in [0.5, 0.6) is 11.5 Å². The molecule has 0 saturated heterocycles. The van der Waals surface area contributed by atoms with E-state index >= 15 is 0 Å². The van der Waals surface area contributed by atoms with Crippen LogP contribution in [0.2, 0.25) is 10.0 Å². The second-order valence-corrected chi connectivity index (χ2v) is 9.35. The number of anilines is 1. The summed E-state index contributed by atoms with van der Waals surface area (Å²) in [6.45, 7) is 0.304. The van der Waals surface area contributed by atoms with Gasteiger partial charge in [0, 0.05) is 27.9 Å². The maximum Gasteiger partial charge on any atom is 0.433 e. The van der Waals surface area contributed by atoms with E-state index in [9.17, 15) is 18.0 Å². The lowest BCUT2D eigenvalue weighted by molar-refractivity contribution is -0.142. The molecule has 3 aromatic heterocycles. The van der Waals surface area contributed by atoms with Crippen LogP contribution in [0.1, 0.15) is 21.7 Å². The van der Waals surface area contributed by atoms with E-state index in [0.29, 0.717) is 43.9 Å². The number of nitrogens with one attached hydrogen (secondary N) is 1. The number of carbonyl (C=O) groups excluding carboxylic acids is 1. The molecule has 3 heterocycles. The van der Waals surface area contributed by atoms with Gasteiger partial charge in [0.1, 0.15) is 0 Å². The van der Waals surface area contributed by atoms with Crippen molar-refractivity contribution in [2.45, 2.75) is 12.7 Å². The minimum Gasteiger partial charge on any atom is -0.493 e. The van der Waals surface area contributed by atoms with E-state index < -0.39 is 17.8 Å². The zero-order valence-electron chi connectivity index (χ0n) is 20.8. The van der Waals surface area contributed by atoms with Gasteiger partial charge in [-0.15, -0.1) is 0 Å². The lowest BCUT2D eigenvalue weighted by Gasteiger charge is -2.12. The van der Waals surface area contributed by atoms with Crippen molar-refractivity contribution in [1.82, 2.24) is 24.4 Å². The van der Waals surface area contributed by atoms with Gasteiger partial charge < -0.3 is 14.8 Å². The second-order valence-electron chi connectivity index (χ2n) is 8.51. The highest BCUT2D eigenvalue weighted by atomic mass is 35.5. The predicted octanol–water partition coefficient (Wildman–Crippen LogP) is 6.24. The Bertz CT molecular complexity index is 1730. The Kier molecular flexibility index (Phi) is 7.30. The van der Waals surface area contributed by atoms with Crippen LogP contribution in [0, 0.1) is 0 Å². The molecular formula is C26H19Cl2F3N6O3. The lowest BCUT2D eigenvalue weighted by atomic mass is 10.1. The predicted molar refractivity (Wildman–Crippen MR) is 142 cm³/mol. The first-order valence-electron chi connectivity index (χ1n) is 11.5. The number of hydrogen-bond donors (Lipinski definition) is 1. The van der Waals surface area contributed by atoms with Crippen molar-refractivity contribution in [3.05, 3.63) is 87.9 Å². The van der Waals surface area contributed by atoms with Crippen molar-refractivity contribution >= 4 is 40.4 Å². The number of ether oxygens (including phenoxy) is 2. The molecule has 5 rings (SSSR count). The molecular weight excluding hydrogens is 572 g/mol. The molecule has 0 fully saturated rings. The average Bonchev–Trinajstić information content (AvgIpc) is 3.55. The Morgan fingerprint density at radius 1 is 1.02 bits per heavy atom. The SMILES string of the molecule is COc1ccc(-c2cc(C(F)(F)F)n3nc(C(=O)Nc4cnn(Cc5ccc(Cl)cc5Cl)c4)cc3n2)cc1OC.